The highest BCUT2D eigenvalue weighted by molar-refractivity contribution is 5.81. The third kappa shape index (κ3) is 3.93. The van der Waals surface area contributed by atoms with Gasteiger partial charge >= 0.3 is 0 Å². The Labute approximate surface area is 116 Å². The maximum atomic E-state index is 12.5. The monoisotopic (exact) mass is 268 g/mol. The molecular weight excluding hydrogens is 240 g/mol. The molecule has 2 fully saturated rings. The molecule has 1 heterocycles. The van der Waals surface area contributed by atoms with Crippen molar-refractivity contribution in [2.24, 2.45) is 5.73 Å². The summed E-state index contributed by atoms with van der Waals surface area (Å²) in [6.45, 7) is 0.525. The summed E-state index contributed by atoms with van der Waals surface area (Å²) < 4.78 is 5.72. The topological polar surface area (TPSA) is 55.6 Å². The molecule has 0 radical (unpaired) electrons. The first-order valence-corrected chi connectivity index (χ1v) is 7.84. The van der Waals surface area contributed by atoms with E-state index in [4.69, 9.17) is 10.5 Å². The standard InChI is InChI=1S/C15H28N2O2/c1-17(12-7-5-3-2-4-6-8-12)15(18)14-10-9-13(11-16)19-14/h12-14H,2-11,16H2,1H3/t13-,14+/m1/s1. The fourth-order valence-electron chi connectivity index (χ4n) is 3.29. The Balaban J connectivity index is 1.86. The molecular formula is C15H28N2O2. The molecule has 19 heavy (non-hydrogen) atoms. The molecule has 2 N–H and O–H groups in total. The Morgan fingerprint density at radius 1 is 1.11 bits per heavy atom. The molecule has 2 aliphatic rings. The van der Waals surface area contributed by atoms with Crippen LogP contribution >= 0.6 is 0 Å². The Hall–Kier alpha value is -0.610. The number of hydrogen-bond donors (Lipinski definition) is 1. The highest BCUT2D eigenvalue weighted by Gasteiger charge is 2.33. The van der Waals surface area contributed by atoms with Crippen LogP contribution in [0.5, 0.6) is 0 Å². The van der Waals surface area contributed by atoms with E-state index in [2.05, 4.69) is 0 Å². The largest absolute Gasteiger partial charge is 0.364 e. The predicted molar refractivity (Wildman–Crippen MR) is 75.8 cm³/mol. The van der Waals surface area contributed by atoms with Crippen molar-refractivity contribution >= 4 is 5.91 Å². The quantitative estimate of drug-likeness (QED) is 0.852. The third-order valence-electron chi connectivity index (χ3n) is 4.62. The molecule has 0 spiro atoms. The maximum Gasteiger partial charge on any atom is 0.251 e. The van der Waals surface area contributed by atoms with Crippen LogP contribution in [0.1, 0.15) is 57.8 Å². The molecule has 0 aromatic heterocycles. The van der Waals surface area contributed by atoms with Gasteiger partial charge in [0.15, 0.2) is 0 Å². The zero-order chi connectivity index (χ0) is 13.7. The fourth-order valence-corrected chi connectivity index (χ4v) is 3.29. The number of amides is 1. The van der Waals surface area contributed by atoms with E-state index in [0.29, 0.717) is 12.6 Å². The van der Waals surface area contributed by atoms with Gasteiger partial charge in [-0.25, -0.2) is 0 Å². The number of likely N-dealkylation sites (N-methyl/N-ethyl adjacent to an activating group) is 1. The van der Waals surface area contributed by atoms with Crippen LogP contribution in [0, 0.1) is 0 Å². The normalized spacial score (nSPS) is 29.8. The van der Waals surface area contributed by atoms with Crippen molar-refractivity contribution < 1.29 is 9.53 Å². The van der Waals surface area contributed by atoms with Crippen molar-refractivity contribution in [3.05, 3.63) is 0 Å². The minimum atomic E-state index is -0.246. The zero-order valence-electron chi connectivity index (χ0n) is 12.1. The lowest BCUT2D eigenvalue weighted by atomic mass is 9.95. The minimum Gasteiger partial charge on any atom is -0.364 e. The van der Waals surface area contributed by atoms with E-state index in [0.717, 1.165) is 25.7 Å². The van der Waals surface area contributed by atoms with Crippen LogP contribution in [0.3, 0.4) is 0 Å². The van der Waals surface area contributed by atoms with Gasteiger partial charge in [-0.2, -0.15) is 0 Å². The van der Waals surface area contributed by atoms with Crippen LogP contribution < -0.4 is 5.73 Å². The summed E-state index contributed by atoms with van der Waals surface area (Å²) in [6, 6.07) is 0.410. The van der Waals surface area contributed by atoms with Crippen LogP contribution in [-0.2, 0) is 9.53 Å². The smallest absolute Gasteiger partial charge is 0.251 e. The van der Waals surface area contributed by atoms with Gasteiger partial charge in [0.2, 0.25) is 0 Å². The predicted octanol–water partition coefficient (Wildman–Crippen LogP) is 2.06. The maximum absolute atomic E-state index is 12.5. The Morgan fingerprint density at radius 2 is 1.74 bits per heavy atom. The van der Waals surface area contributed by atoms with Crippen LogP contribution in [0.4, 0.5) is 0 Å². The van der Waals surface area contributed by atoms with Gasteiger partial charge in [-0.3, -0.25) is 4.79 Å². The van der Waals surface area contributed by atoms with Gasteiger partial charge in [0.25, 0.3) is 5.91 Å². The molecule has 2 atom stereocenters. The van der Waals surface area contributed by atoms with Crippen LogP contribution in [0.2, 0.25) is 0 Å². The highest BCUT2D eigenvalue weighted by Crippen LogP contribution is 2.25. The average Bonchev–Trinajstić information content (AvgIpc) is 2.85. The van der Waals surface area contributed by atoms with Gasteiger partial charge in [0.05, 0.1) is 6.10 Å². The Kier molecular flexibility index (Phi) is 5.64. The molecule has 0 aromatic rings. The van der Waals surface area contributed by atoms with Gasteiger partial charge < -0.3 is 15.4 Å². The summed E-state index contributed by atoms with van der Waals surface area (Å²) in [4.78, 5) is 14.4. The number of carbonyl (C=O) groups is 1. The molecule has 0 bridgehead atoms. The number of nitrogens with zero attached hydrogens (tertiary/aromatic N) is 1. The molecule has 4 nitrogen and oxygen atoms in total. The van der Waals surface area contributed by atoms with Crippen LogP contribution in [0.25, 0.3) is 0 Å². The average molecular weight is 268 g/mol. The van der Waals surface area contributed by atoms with Crippen molar-refractivity contribution in [3.63, 3.8) is 0 Å². The number of ether oxygens (including phenoxy) is 1. The van der Waals surface area contributed by atoms with E-state index < -0.39 is 0 Å². The van der Waals surface area contributed by atoms with E-state index in [1.807, 2.05) is 11.9 Å². The lowest BCUT2D eigenvalue weighted by molar-refractivity contribution is -0.143. The van der Waals surface area contributed by atoms with Crippen molar-refractivity contribution in [2.45, 2.75) is 76.0 Å². The lowest BCUT2D eigenvalue weighted by Gasteiger charge is -2.31. The summed E-state index contributed by atoms with van der Waals surface area (Å²) >= 11 is 0. The summed E-state index contributed by atoms with van der Waals surface area (Å²) in [7, 11) is 1.95. The minimum absolute atomic E-state index is 0.0830. The van der Waals surface area contributed by atoms with Crippen molar-refractivity contribution in [1.82, 2.24) is 4.90 Å². The van der Waals surface area contributed by atoms with Crippen molar-refractivity contribution in [2.75, 3.05) is 13.6 Å². The molecule has 4 heteroatoms. The highest BCUT2D eigenvalue weighted by atomic mass is 16.5. The van der Waals surface area contributed by atoms with E-state index in [9.17, 15) is 4.79 Å². The van der Waals surface area contributed by atoms with E-state index >= 15 is 0 Å². The van der Waals surface area contributed by atoms with Gasteiger partial charge in [0, 0.05) is 19.6 Å². The number of hydrogen-bond acceptors (Lipinski definition) is 3. The number of rotatable bonds is 3. The number of nitrogens with two attached hydrogens (primary N) is 1. The first-order chi connectivity index (χ1) is 9.22. The van der Waals surface area contributed by atoms with Gasteiger partial charge in [-0.15, -0.1) is 0 Å². The molecule has 1 saturated heterocycles. The molecule has 1 aliphatic heterocycles. The lowest BCUT2D eigenvalue weighted by Crippen LogP contribution is -2.43. The van der Waals surface area contributed by atoms with Crippen molar-refractivity contribution in [3.8, 4) is 0 Å². The summed E-state index contributed by atoms with van der Waals surface area (Å²) in [5.74, 6) is 0.168. The molecule has 2 rings (SSSR count). The van der Waals surface area contributed by atoms with E-state index in [1.54, 1.807) is 0 Å². The fraction of sp³-hybridized carbons (Fsp3) is 0.933. The van der Waals surface area contributed by atoms with E-state index in [-0.39, 0.29) is 18.1 Å². The van der Waals surface area contributed by atoms with E-state index in [1.165, 1.54) is 32.1 Å². The first kappa shape index (κ1) is 14.8. The molecule has 1 saturated carbocycles. The Morgan fingerprint density at radius 3 is 2.32 bits per heavy atom. The second kappa shape index (κ2) is 7.25. The Bertz CT molecular complexity index is 288. The molecule has 1 amide bonds. The zero-order valence-corrected chi connectivity index (χ0v) is 12.1. The molecule has 1 aliphatic carbocycles. The summed E-state index contributed by atoms with van der Waals surface area (Å²) in [6.07, 6.45) is 10.4. The molecule has 110 valence electrons. The van der Waals surface area contributed by atoms with Gasteiger partial charge in [0.1, 0.15) is 6.10 Å². The van der Waals surface area contributed by atoms with Crippen LogP contribution in [0.15, 0.2) is 0 Å². The second-order valence-electron chi connectivity index (χ2n) is 6.01. The second-order valence-corrected chi connectivity index (χ2v) is 6.01. The van der Waals surface area contributed by atoms with Crippen molar-refractivity contribution in [1.29, 1.82) is 0 Å². The van der Waals surface area contributed by atoms with Gasteiger partial charge in [-0.1, -0.05) is 32.1 Å². The molecule has 0 aromatic carbocycles. The SMILES string of the molecule is CN(C(=O)[C@@H]1CC[C@H](CN)O1)C1CCCCCCC1. The number of carbonyl (C=O) groups excluding carboxylic acids is 1. The first-order valence-electron chi connectivity index (χ1n) is 7.84. The summed E-state index contributed by atoms with van der Waals surface area (Å²) in [5, 5.41) is 0. The van der Waals surface area contributed by atoms with Gasteiger partial charge in [-0.05, 0) is 25.7 Å². The third-order valence-corrected chi connectivity index (χ3v) is 4.62. The molecule has 0 unspecified atom stereocenters. The summed E-state index contributed by atoms with van der Waals surface area (Å²) in [5.41, 5.74) is 5.60. The van der Waals surface area contributed by atoms with Crippen LogP contribution in [-0.4, -0.2) is 42.6 Å².